The molecule has 0 amide bonds. The lowest BCUT2D eigenvalue weighted by molar-refractivity contribution is 0.331. The molecule has 3 nitrogen and oxygen atoms in total. The van der Waals surface area contributed by atoms with Crippen molar-refractivity contribution in [3.63, 3.8) is 0 Å². The average molecular weight is 365 g/mol. The van der Waals surface area contributed by atoms with Gasteiger partial charge >= 0.3 is 0 Å². The Hall–Kier alpha value is -2.40. The SMILES string of the molecule is FC1=CN2C[C@H]3CC[C@H](c4nc(-c5ccc[nH]5)cs4)CC3=CC=C2C=C1. The molecule has 132 valence electrons. The zero-order valence-electron chi connectivity index (χ0n) is 14.4. The number of H-pyrrole nitrogens is 1. The van der Waals surface area contributed by atoms with Crippen LogP contribution in [-0.2, 0) is 0 Å². The lowest BCUT2D eigenvalue weighted by atomic mass is 9.78. The van der Waals surface area contributed by atoms with Crippen molar-refractivity contribution in [1.29, 1.82) is 0 Å². The highest BCUT2D eigenvalue weighted by Gasteiger charge is 2.31. The summed E-state index contributed by atoms with van der Waals surface area (Å²) in [6.07, 6.45) is 14.7. The van der Waals surface area contributed by atoms with Gasteiger partial charge in [-0.15, -0.1) is 11.3 Å². The Labute approximate surface area is 156 Å². The van der Waals surface area contributed by atoms with E-state index in [9.17, 15) is 4.39 Å². The molecule has 1 fully saturated rings. The summed E-state index contributed by atoms with van der Waals surface area (Å²) < 4.78 is 13.6. The lowest BCUT2D eigenvalue weighted by Gasteiger charge is -2.33. The highest BCUT2D eigenvalue weighted by Crippen LogP contribution is 2.42. The third-order valence-electron chi connectivity index (χ3n) is 5.52. The first kappa shape index (κ1) is 15.8. The molecule has 0 spiro atoms. The van der Waals surface area contributed by atoms with Gasteiger partial charge in [-0.2, -0.15) is 0 Å². The van der Waals surface area contributed by atoms with Crippen LogP contribution in [-0.4, -0.2) is 21.4 Å². The van der Waals surface area contributed by atoms with Crippen molar-refractivity contribution >= 4 is 11.3 Å². The van der Waals surface area contributed by atoms with E-state index in [0.717, 1.165) is 42.9 Å². The van der Waals surface area contributed by atoms with Crippen molar-refractivity contribution < 1.29 is 4.39 Å². The van der Waals surface area contributed by atoms with Crippen molar-refractivity contribution in [3.05, 3.63) is 76.3 Å². The minimum atomic E-state index is -0.168. The van der Waals surface area contributed by atoms with Crippen molar-refractivity contribution in [2.75, 3.05) is 6.54 Å². The van der Waals surface area contributed by atoms with Gasteiger partial charge in [0.05, 0.1) is 16.4 Å². The van der Waals surface area contributed by atoms with Crippen molar-refractivity contribution in [2.24, 2.45) is 5.92 Å². The molecule has 2 aromatic heterocycles. The molecular weight excluding hydrogens is 345 g/mol. The molecule has 5 rings (SSSR count). The van der Waals surface area contributed by atoms with Crippen LogP contribution in [0.25, 0.3) is 11.4 Å². The molecule has 1 aliphatic carbocycles. The standard InChI is InChI=1S/C21H20FN3S/c22-17-6-8-18-7-5-14-10-15(3-4-16(14)11-25(18)12-17)21-24-20(13-26-21)19-2-1-9-23-19/h1-2,5-9,12-13,15-16,23H,3-4,10-11H2/t15-,16+/m0/s1. The molecule has 1 N–H and O–H groups in total. The number of hydrogen-bond acceptors (Lipinski definition) is 3. The number of halogens is 1. The van der Waals surface area contributed by atoms with Crippen molar-refractivity contribution in [3.8, 4) is 11.4 Å². The lowest BCUT2D eigenvalue weighted by Crippen LogP contribution is -2.28. The van der Waals surface area contributed by atoms with E-state index in [1.807, 2.05) is 18.3 Å². The van der Waals surface area contributed by atoms with Crippen LogP contribution in [0.1, 0.15) is 30.2 Å². The van der Waals surface area contributed by atoms with Crippen LogP contribution in [0.4, 0.5) is 4.39 Å². The predicted molar refractivity (Wildman–Crippen MR) is 103 cm³/mol. The highest BCUT2D eigenvalue weighted by molar-refractivity contribution is 7.10. The minimum Gasteiger partial charge on any atom is -0.360 e. The number of aromatic amines is 1. The molecule has 2 aliphatic heterocycles. The Bertz CT molecular complexity index is 932. The van der Waals surface area contributed by atoms with Crippen molar-refractivity contribution in [1.82, 2.24) is 14.9 Å². The highest BCUT2D eigenvalue weighted by atomic mass is 32.1. The van der Waals surface area contributed by atoms with Gasteiger partial charge < -0.3 is 9.88 Å². The summed E-state index contributed by atoms with van der Waals surface area (Å²) in [5.74, 6) is 0.819. The monoisotopic (exact) mass is 365 g/mol. The van der Waals surface area contributed by atoms with E-state index in [2.05, 4.69) is 33.5 Å². The molecule has 4 heterocycles. The molecule has 0 aromatic carbocycles. The summed E-state index contributed by atoms with van der Waals surface area (Å²) >= 11 is 1.76. The zero-order chi connectivity index (χ0) is 17.5. The number of nitrogens with zero attached hydrogens (tertiary/aromatic N) is 2. The maximum Gasteiger partial charge on any atom is 0.139 e. The van der Waals surface area contributed by atoms with E-state index in [1.165, 1.54) is 16.7 Å². The Balaban J connectivity index is 1.36. The number of thiazole rings is 1. The normalized spacial score (nSPS) is 25.0. The summed E-state index contributed by atoms with van der Waals surface area (Å²) in [7, 11) is 0. The molecule has 0 bridgehead atoms. The first-order valence-electron chi connectivity index (χ1n) is 9.08. The van der Waals surface area contributed by atoms with Crippen LogP contribution in [0.5, 0.6) is 0 Å². The van der Waals surface area contributed by atoms with Crippen molar-refractivity contribution in [2.45, 2.75) is 25.2 Å². The fraction of sp³-hybridized carbons (Fsp3) is 0.286. The third-order valence-corrected chi connectivity index (χ3v) is 6.53. The number of nitrogens with one attached hydrogen (secondary N) is 1. The summed E-state index contributed by atoms with van der Waals surface area (Å²) in [5.41, 5.74) is 4.67. The Morgan fingerprint density at radius 3 is 3.00 bits per heavy atom. The number of aromatic nitrogens is 2. The number of hydrogen-bond donors (Lipinski definition) is 1. The molecule has 3 aliphatic rings. The van der Waals surface area contributed by atoms with Crippen LogP contribution in [0.3, 0.4) is 0 Å². The van der Waals surface area contributed by atoms with Gasteiger partial charge in [0, 0.05) is 35.9 Å². The first-order valence-corrected chi connectivity index (χ1v) is 9.96. The second kappa shape index (κ2) is 6.40. The van der Waals surface area contributed by atoms with Gasteiger partial charge in [-0.25, -0.2) is 9.37 Å². The topological polar surface area (TPSA) is 31.9 Å². The Morgan fingerprint density at radius 2 is 2.12 bits per heavy atom. The fourth-order valence-electron chi connectivity index (χ4n) is 4.12. The second-order valence-electron chi connectivity index (χ2n) is 7.16. The second-order valence-corrected chi connectivity index (χ2v) is 8.05. The molecule has 0 saturated heterocycles. The van der Waals surface area contributed by atoms with Crippen LogP contribution in [0.15, 0.2) is 71.3 Å². The van der Waals surface area contributed by atoms with E-state index in [-0.39, 0.29) is 5.83 Å². The summed E-state index contributed by atoms with van der Waals surface area (Å²) in [4.78, 5) is 10.2. The van der Waals surface area contributed by atoms with Gasteiger partial charge in [-0.1, -0.05) is 11.6 Å². The smallest absolute Gasteiger partial charge is 0.139 e. The van der Waals surface area contributed by atoms with E-state index < -0.39 is 0 Å². The number of rotatable bonds is 2. The minimum absolute atomic E-state index is 0.168. The molecule has 2 atom stereocenters. The summed E-state index contributed by atoms with van der Waals surface area (Å²) in [6, 6.07) is 4.07. The van der Waals surface area contributed by atoms with E-state index >= 15 is 0 Å². The molecule has 5 heteroatoms. The largest absolute Gasteiger partial charge is 0.360 e. The Morgan fingerprint density at radius 1 is 1.19 bits per heavy atom. The van der Waals surface area contributed by atoms with Crippen LogP contribution < -0.4 is 0 Å². The van der Waals surface area contributed by atoms with E-state index in [4.69, 9.17) is 4.98 Å². The average Bonchev–Trinajstić information content (AvgIpc) is 3.30. The van der Waals surface area contributed by atoms with Gasteiger partial charge in [-0.3, -0.25) is 0 Å². The van der Waals surface area contributed by atoms with Crippen LogP contribution in [0, 0.1) is 5.92 Å². The molecule has 2 aromatic rings. The zero-order valence-corrected chi connectivity index (χ0v) is 15.2. The maximum atomic E-state index is 13.6. The number of fused-ring (bicyclic) bond motifs is 2. The molecule has 0 unspecified atom stereocenters. The van der Waals surface area contributed by atoms with Gasteiger partial charge in [0.2, 0.25) is 0 Å². The Kier molecular flexibility index (Phi) is 3.89. The number of allylic oxidation sites excluding steroid dienone is 5. The summed E-state index contributed by atoms with van der Waals surface area (Å²) in [5, 5.41) is 3.38. The van der Waals surface area contributed by atoms with E-state index in [0.29, 0.717) is 11.8 Å². The molecule has 0 radical (unpaired) electrons. The van der Waals surface area contributed by atoms with Gasteiger partial charge in [-0.05, 0) is 55.5 Å². The third kappa shape index (κ3) is 2.86. The van der Waals surface area contributed by atoms with Gasteiger partial charge in [0.15, 0.2) is 0 Å². The molecule has 1 saturated carbocycles. The molecule has 26 heavy (non-hydrogen) atoms. The quantitative estimate of drug-likeness (QED) is 0.759. The van der Waals surface area contributed by atoms with Gasteiger partial charge in [0.25, 0.3) is 0 Å². The summed E-state index contributed by atoms with van der Waals surface area (Å²) in [6.45, 7) is 0.869. The van der Waals surface area contributed by atoms with Crippen LogP contribution >= 0.6 is 11.3 Å². The van der Waals surface area contributed by atoms with E-state index in [1.54, 1.807) is 17.5 Å². The first-order chi connectivity index (χ1) is 12.8. The predicted octanol–water partition coefficient (Wildman–Crippen LogP) is 5.53. The van der Waals surface area contributed by atoms with Gasteiger partial charge in [0.1, 0.15) is 5.83 Å². The van der Waals surface area contributed by atoms with Crippen LogP contribution in [0.2, 0.25) is 0 Å². The molecular formula is C21H20FN3S. The maximum absolute atomic E-state index is 13.6. The fourth-order valence-corrected chi connectivity index (χ4v) is 5.08.